The van der Waals surface area contributed by atoms with Crippen molar-refractivity contribution in [2.75, 3.05) is 6.54 Å². The number of nitrogens with two attached hydrogens (primary N) is 1. The Labute approximate surface area is 119 Å². The molecule has 0 aliphatic heterocycles. The lowest BCUT2D eigenvalue weighted by atomic mass is 9.91. The van der Waals surface area contributed by atoms with Crippen molar-refractivity contribution in [3.8, 4) is 10.6 Å². The molecule has 0 spiro atoms. The van der Waals surface area contributed by atoms with Crippen molar-refractivity contribution < 1.29 is 0 Å². The zero-order chi connectivity index (χ0) is 12.5. The fourth-order valence-electron chi connectivity index (χ4n) is 2.45. The van der Waals surface area contributed by atoms with Crippen LogP contribution in [0.2, 0.25) is 0 Å². The third-order valence-electron chi connectivity index (χ3n) is 3.45. The summed E-state index contributed by atoms with van der Waals surface area (Å²) in [6.45, 7) is 0.719. The third kappa shape index (κ3) is 2.25. The standard InChI is InChI=1S/C14H15BrN2S/c15-11-6-4-9(5-7-11)14-17-13-10(8-16)2-1-3-12(13)18-14/h4-7,10H,1-3,8,16H2. The Hall–Kier alpha value is -0.710. The summed E-state index contributed by atoms with van der Waals surface area (Å²) in [5.41, 5.74) is 8.30. The molecule has 1 aromatic carbocycles. The molecule has 1 atom stereocenters. The van der Waals surface area contributed by atoms with E-state index >= 15 is 0 Å². The molecule has 2 nitrogen and oxygen atoms in total. The minimum absolute atomic E-state index is 0.467. The monoisotopic (exact) mass is 322 g/mol. The summed E-state index contributed by atoms with van der Waals surface area (Å²) in [6.07, 6.45) is 3.60. The van der Waals surface area contributed by atoms with Gasteiger partial charge in [0.1, 0.15) is 5.01 Å². The predicted octanol–water partition coefficient (Wildman–Crippen LogP) is 3.95. The second-order valence-corrected chi connectivity index (χ2v) is 6.66. The Morgan fingerprint density at radius 3 is 2.83 bits per heavy atom. The first-order valence-electron chi connectivity index (χ1n) is 6.23. The Morgan fingerprint density at radius 1 is 1.33 bits per heavy atom. The molecule has 18 heavy (non-hydrogen) atoms. The van der Waals surface area contributed by atoms with Crippen LogP contribution in [0.1, 0.15) is 29.3 Å². The number of nitrogens with zero attached hydrogens (tertiary/aromatic N) is 1. The highest BCUT2D eigenvalue weighted by molar-refractivity contribution is 9.10. The van der Waals surface area contributed by atoms with Crippen LogP contribution >= 0.6 is 27.3 Å². The number of aromatic nitrogens is 1. The molecule has 1 aliphatic rings. The maximum absolute atomic E-state index is 5.84. The molecular weight excluding hydrogens is 308 g/mol. The molecule has 0 radical (unpaired) electrons. The molecular formula is C14H15BrN2S. The van der Waals surface area contributed by atoms with Gasteiger partial charge in [-0.1, -0.05) is 28.1 Å². The van der Waals surface area contributed by atoms with Gasteiger partial charge >= 0.3 is 0 Å². The molecule has 0 fully saturated rings. The number of rotatable bonds is 2. The fraction of sp³-hybridized carbons (Fsp3) is 0.357. The molecule has 0 amide bonds. The normalized spacial score (nSPS) is 18.7. The molecule has 3 rings (SSSR count). The van der Waals surface area contributed by atoms with Crippen LogP contribution in [0.15, 0.2) is 28.7 Å². The average Bonchev–Trinajstić information content (AvgIpc) is 2.83. The lowest BCUT2D eigenvalue weighted by Crippen LogP contribution is -2.17. The smallest absolute Gasteiger partial charge is 0.123 e. The molecule has 94 valence electrons. The van der Waals surface area contributed by atoms with Gasteiger partial charge in [-0.05, 0) is 31.4 Å². The Bertz CT molecular complexity index is 547. The summed E-state index contributed by atoms with van der Waals surface area (Å²) >= 11 is 5.29. The summed E-state index contributed by atoms with van der Waals surface area (Å²) in [7, 11) is 0. The minimum atomic E-state index is 0.467. The van der Waals surface area contributed by atoms with Crippen molar-refractivity contribution in [1.82, 2.24) is 4.98 Å². The molecule has 2 aromatic rings. The van der Waals surface area contributed by atoms with Gasteiger partial charge in [0.2, 0.25) is 0 Å². The average molecular weight is 323 g/mol. The zero-order valence-corrected chi connectivity index (χ0v) is 12.4. The lowest BCUT2D eigenvalue weighted by Gasteiger charge is -2.18. The van der Waals surface area contributed by atoms with Gasteiger partial charge < -0.3 is 5.73 Å². The molecule has 0 saturated carbocycles. The molecule has 1 heterocycles. The van der Waals surface area contributed by atoms with E-state index in [1.165, 1.54) is 35.4 Å². The van der Waals surface area contributed by atoms with Crippen molar-refractivity contribution >= 4 is 27.3 Å². The van der Waals surface area contributed by atoms with Gasteiger partial charge in [0.05, 0.1) is 5.69 Å². The minimum Gasteiger partial charge on any atom is -0.330 e. The third-order valence-corrected chi connectivity index (χ3v) is 5.16. The Morgan fingerprint density at radius 2 is 2.11 bits per heavy atom. The van der Waals surface area contributed by atoms with Crippen LogP contribution in [0.4, 0.5) is 0 Å². The van der Waals surface area contributed by atoms with Crippen LogP contribution in [0.3, 0.4) is 0 Å². The topological polar surface area (TPSA) is 38.9 Å². The molecule has 1 aromatic heterocycles. The van der Waals surface area contributed by atoms with Gasteiger partial charge in [-0.3, -0.25) is 0 Å². The first kappa shape index (κ1) is 12.3. The maximum atomic E-state index is 5.84. The number of hydrogen-bond acceptors (Lipinski definition) is 3. The number of fused-ring (bicyclic) bond motifs is 1. The molecule has 0 saturated heterocycles. The van der Waals surface area contributed by atoms with Gasteiger partial charge in [0, 0.05) is 27.4 Å². The van der Waals surface area contributed by atoms with Crippen LogP contribution in [0.5, 0.6) is 0 Å². The first-order chi connectivity index (χ1) is 8.78. The Balaban J connectivity index is 1.99. The van der Waals surface area contributed by atoms with E-state index in [1.807, 2.05) is 11.3 Å². The zero-order valence-electron chi connectivity index (χ0n) is 10.0. The van der Waals surface area contributed by atoms with E-state index in [9.17, 15) is 0 Å². The summed E-state index contributed by atoms with van der Waals surface area (Å²) < 4.78 is 1.10. The SMILES string of the molecule is NCC1CCCc2sc(-c3ccc(Br)cc3)nc21. The number of thiazole rings is 1. The van der Waals surface area contributed by atoms with Crippen LogP contribution in [-0.4, -0.2) is 11.5 Å². The van der Waals surface area contributed by atoms with Crippen molar-refractivity contribution in [1.29, 1.82) is 0 Å². The highest BCUT2D eigenvalue weighted by atomic mass is 79.9. The molecule has 4 heteroatoms. The van der Waals surface area contributed by atoms with Crippen molar-refractivity contribution in [2.45, 2.75) is 25.2 Å². The van der Waals surface area contributed by atoms with E-state index in [1.54, 1.807) is 0 Å². The number of aryl methyl sites for hydroxylation is 1. The Kier molecular flexibility index (Phi) is 3.50. The van der Waals surface area contributed by atoms with Crippen molar-refractivity contribution in [3.63, 3.8) is 0 Å². The van der Waals surface area contributed by atoms with Gasteiger partial charge in [-0.15, -0.1) is 11.3 Å². The van der Waals surface area contributed by atoms with E-state index in [0.29, 0.717) is 5.92 Å². The van der Waals surface area contributed by atoms with E-state index in [-0.39, 0.29) is 0 Å². The second-order valence-electron chi connectivity index (χ2n) is 4.66. The predicted molar refractivity (Wildman–Crippen MR) is 80.0 cm³/mol. The van der Waals surface area contributed by atoms with E-state index in [2.05, 4.69) is 40.2 Å². The summed E-state index contributed by atoms with van der Waals surface area (Å²) in [5.74, 6) is 0.467. The lowest BCUT2D eigenvalue weighted by molar-refractivity contribution is 0.554. The molecule has 2 N–H and O–H groups in total. The second kappa shape index (κ2) is 5.11. The quantitative estimate of drug-likeness (QED) is 0.909. The van der Waals surface area contributed by atoms with Crippen molar-refractivity contribution in [3.05, 3.63) is 39.3 Å². The number of halogens is 1. The highest BCUT2D eigenvalue weighted by Gasteiger charge is 2.23. The highest BCUT2D eigenvalue weighted by Crippen LogP contribution is 2.37. The van der Waals surface area contributed by atoms with Crippen LogP contribution < -0.4 is 5.73 Å². The van der Waals surface area contributed by atoms with E-state index < -0.39 is 0 Å². The first-order valence-corrected chi connectivity index (χ1v) is 7.84. The molecule has 1 unspecified atom stereocenters. The maximum Gasteiger partial charge on any atom is 0.123 e. The van der Waals surface area contributed by atoms with Gasteiger partial charge in [0.15, 0.2) is 0 Å². The van der Waals surface area contributed by atoms with Crippen LogP contribution in [0.25, 0.3) is 10.6 Å². The summed E-state index contributed by atoms with van der Waals surface area (Å²) in [4.78, 5) is 6.27. The summed E-state index contributed by atoms with van der Waals surface area (Å²) in [6, 6.07) is 8.36. The van der Waals surface area contributed by atoms with Gasteiger partial charge in [0.25, 0.3) is 0 Å². The molecule has 0 bridgehead atoms. The number of hydrogen-bond donors (Lipinski definition) is 1. The van der Waals surface area contributed by atoms with Gasteiger partial charge in [-0.2, -0.15) is 0 Å². The van der Waals surface area contributed by atoms with Crippen LogP contribution in [0, 0.1) is 0 Å². The summed E-state index contributed by atoms with van der Waals surface area (Å²) in [5, 5.41) is 1.13. The van der Waals surface area contributed by atoms with E-state index in [0.717, 1.165) is 16.0 Å². The number of benzene rings is 1. The van der Waals surface area contributed by atoms with Crippen LogP contribution in [-0.2, 0) is 6.42 Å². The van der Waals surface area contributed by atoms with Gasteiger partial charge in [-0.25, -0.2) is 4.98 Å². The largest absolute Gasteiger partial charge is 0.330 e. The van der Waals surface area contributed by atoms with Crippen molar-refractivity contribution in [2.24, 2.45) is 5.73 Å². The fourth-order valence-corrected chi connectivity index (χ4v) is 3.91. The van der Waals surface area contributed by atoms with E-state index in [4.69, 9.17) is 10.7 Å². The molecule has 1 aliphatic carbocycles.